The van der Waals surface area contributed by atoms with Crippen molar-refractivity contribution in [1.29, 1.82) is 0 Å². The third-order valence-corrected chi connectivity index (χ3v) is 5.45. The summed E-state index contributed by atoms with van der Waals surface area (Å²) in [7, 11) is 0. The quantitative estimate of drug-likeness (QED) is 0.573. The topological polar surface area (TPSA) is 52.6 Å². The van der Waals surface area contributed by atoms with Crippen LogP contribution in [0.3, 0.4) is 0 Å². The van der Waals surface area contributed by atoms with Gasteiger partial charge in [-0.3, -0.25) is 4.79 Å². The van der Waals surface area contributed by atoms with Crippen LogP contribution >= 0.6 is 0 Å². The summed E-state index contributed by atoms with van der Waals surface area (Å²) < 4.78 is 11.5. The molecule has 4 heteroatoms. The van der Waals surface area contributed by atoms with Gasteiger partial charge in [0.15, 0.2) is 0 Å². The number of esters is 2. The van der Waals surface area contributed by atoms with E-state index in [1.807, 2.05) is 20.8 Å². The lowest BCUT2D eigenvalue weighted by Gasteiger charge is -2.27. The number of carbonyl (C=O) groups excluding carboxylic acids is 2. The maximum absolute atomic E-state index is 12.3. The Morgan fingerprint density at radius 3 is 2.71 bits per heavy atom. The van der Waals surface area contributed by atoms with Crippen LogP contribution in [0.1, 0.15) is 41.0 Å². The second-order valence-corrected chi connectivity index (χ2v) is 6.97. The Kier molecular flexibility index (Phi) is 4.24. The first kappa shape index (κ1) is 16.7. The van der Waals surface area contributed by atoms with Crippen molar-refractivity contribution in [2.75, 3.05) is 0 Å². The van der Waals surface area contributed by atoms with Crippen LogP contribution in [0.4, 0.5) is 0 Å². The van der Waals surface area contributed by atoms with Crippen LogP contribution in [-0.2, 0) is 19.1 Å². The van der Waals surface area contributed by atoms with Gasteiger partial charge in [-0.15, -0.1) is 0 Å². The molecule has 0 aromatic carbocycles. The Morgan fingerprint density at radius 1 is 1.33 bits per heavy atom. The SMILES string of the molecule is CC=C(C)C(=O)O[C@H]1CC(C)=C2C=CC(C)=C2[C@H]2OC(=O)[C@@H](C)[C@H]12. The molecule has 0 radical (unpaired) electrons. The second-order valence-electron chi connectivity index (χ2n) is 6.97. The number of fused-ring (bicyclic) bond motifs is 3. The Bertz CT molecular complexity index is 720. The third-order valence-electron chi connectivity index (χ3n) is 5.45. The standard InChI is InChI=1S/C20H24O4/c1-6-10(2)19(21)23-15-9-12(4)14-8-7-11(3)16(14)18-17(15)13(5)20(22)24-18/h6-8,13,15,17-18H,9H2,1-5H3/t13-,15-,17+,18+/m0/s1. The molecule has 0 aromatic rings. The molecular formula is C20H24O4. The maximum Gasteiger partial charge on any atom is 0.333 e. The van der Waals surface area contributed by atoms with E-state index in [2.05, 4.69) is 19.1 Å². The zero-order chi connectivity index (χ0) is 17.6. The summed E-state index contributed by atoms with van der Waals surface area (Å²) in [5, 5.41) is 0. The fourth-order valence-corrected chi connectivity index (χ4v) is 3.87. The first-order valence-electron chi connectivity index (χ1n) is 8.48. The monoisotopic (exact) mass is 328 g/mol. The molecule has 4 atom stereocenters. The summed E-state index contributed by atoms with van der Waals surface area (Å²) in [4.78, 5) is 24.5. The van der Waals surface area contributed by atoms with Gasteiger partial charge in [0.2, 0.25) is 0 Å². The summed E-state index contributed by atoms with van der Waals surface area (Å²) in [6, 6.07) is 0. The van der Waals surface area contributed by atoms with Crippen molar-refractivity contribution in [3.05, 3.63) is 46.1 Å². The summed E-state index contributed by atoms with van der Waals surface area (Å²) in [6.07, 6.45) is 5.82. The maximum atomic E-state index is 12.3. The highest BCUT2D eigenvalue weighted by molar-refractivity contribution is 5.88. The number of hydrogen-bond acceptors (Lipinski definition) is 4. The molecule has 0 bridgehead atoms. The van der Waals surface area contributed by atoms with E-state index in [0.29, 0.717) is 12.0 Å². The summed E-state index contributed by atoms with van der Waals surface area (Å²) in [6.45, 7) is 9.53. The highest BCUT2D eigenvalue weighted by atomic mass is 16.6. The van der Waals surface area contributed by atoms with Crippen LogP contribution in [0.5, 0.6) is 0 Å². The first-order valence-corrected chi connectivity index (χ1v) is 8.48. The smallest absolute Gasteiger partial charge is 0.333 e. The van der Waals surface area contributed by atoms with Crippen LogP contribution in [-0.4, -0.2) is 24.1 Å². The van der Waals surface area contributed by atoms with E-state index in [4.69, 9.17) is 9.47 Å². The lowest BCUT2D eigenvalue weighted by atomic mass is 9.83. The van der Waals surface area contributed by atoms with Crippen molar-refractivity contribution in [3.8, 4) is 0 Å². The molecule has 1 aliphatic heterocycles. The van der Waals surface area contributed by atoms with Crippen molar-refractivity contribution < 1.29 is 19.1 Å². The highest BCUT2D eigenvalue weighted by Gasteiger charge is 2.51. The zero-order valence-electron chi connectivity index (χ0n) is 14.9. The lowest BCUT2D eigenvalue weighted by Crippen LogP contribution is -2.35. The van der Waals surface area contributed by atoms with E-state index >= 15 is 0 Å². The van der Waals surface area contributed by atoms with Crippen molar-refractivity contribution in [2.24, 2.45) is 11.8 Å². The van der Waals surface area contributed by atoms with Gasteiger partial charge < -0.3 is 9.47 Å². The van der Waals surface area contributed by atoms with Gasteiger partial charge in [0.1, 0.15) is 12.2 Å². The number of allylic oxidation sites excluding steroid dienone is 4. The molecule has 1 fully saturated rings. The van der Waals surface area contributed by atoms with Crippen LogP contribution in [0.15, 0.2) is 46.1 Å². The molecule has 3 aliphatic rings. The molecule has 0 amide bonds. The van der Waals surface area contributed by atoms with E-state index in [0.717, 1.165) is 16.7 Å². The molecule has 128 valence electrons. The molecule has 0 saturated carbocycles. The zero-order valence-corrected chi connectivity index (χ0v) is 14.9. The Labute approximate surface area is 142 Å². The Morgan fingerprint density at radius 2 is 2.04 bits per heavy atom. The minimum atomic E-state index is -0.356. The third kappa shape index (κ3) is 2.54. The lowest BCUT2D eigenvalue weighted by molar-refractivity contribution is -0.148. The van der Waals surface area contributed by atoms with Crippen molar-refractivity contribution in [2.45, 2.75) is 53.2 Å². The van der Waals surface area contributed by atoms with Crippen molar-refractivity contribution in [1.82, 2.24) is 0 Å². The molecule has 0 aromatic heterocycles. The molecule has 3 rings (SSSR count). The number of ether oxygens (including phenoxy) is 2. The molecule has 0 unspecified atom stereocenters. The number of hydrogen-bond donors (Lipinski definition) is 0. The average Bonchev–Trinajstić information content (AvgIpc) is 3.02. The predicted molar refractivity (Wildman–Crippen MR) is 91.0 cm³/mol. The van der Waals surface area contributed by atoms with Crippen LogP contribution in [0.2, 0.25) is 0 Å². The normalized spacial score (nSPS) is 32.5. The van der Waals surface area contributed by atoms with E-state index in [1.54, 1.807) is 13.0 Å². The Hall–Kier alpha value is -2.10. The number of carbonyl (C=O) groups is 2. The van der Waals surface area contributed by atoms with E-state index in [9.17, 15) is 9.59 Å². The molecule has 1 heterocycles. The average molecular weight is 328 g/mol. The largest absolute Gasteiger partial charge is 0.458 e. The molecular weight excluding hydrogens is 304 g/mol. The van der Waals surface area contributed by atoms with Gasteiger partial charge in [0, 0.05) is 17.6 Å². The van der Waals surface area contributed by atoms with Crippen molar-refractivity contribution in [3.63, 3.8) is 0 Å². The van der Waals surface area contributed by atoms with Gasteiger partial charge in [-0.25, -0.2) is 4.79 Å². The van der Waals surface area contributed by atoms with E-state index in [1.165, 1.54) is 5.57 Å². The number of rotatable bonds is 2. The van der Waals surface area contributed by atoms with Gasteiger partial charge >= 0.3 is 11.9 Å². The van der Waals surface area contributed by atoms with Gasteiger partial charge in [0.05, 0.1) is 11.8 Å². The van der Waals surface area contributed by atoms with Crippen LogP contribution in [0.25, 0.3) is 0 Å². The molecule has 0 spiro atoms. The van der Waals surface area contributed by atoms with Gasteiger partial charge in [-0.1, -0.05) is 30.7 Å². The summed E-state index contributed by atoms with van der Waals surface area (Å²) >= 11 is 0. The van der Waals surface area contributed by atoms with Gasteiger partial charge in [-0.2, -0.15) is 0 Å². The van der Waals surface area contributed by atoms with Crippen LogP contribution < -0.4 is 0 Å². The van der Waals surface area contributed by atoms with Crippen molar-refractivity contribution >= 4 is 11.9 Å². The second kappa shape index (κ2) is 6.08. The van der Waals surface area contributed by atoms with E-state index in [-0.39, 0.29) is 36.0 Å². The fourth-order valence-electron chi connectivity index (χ4n) is 3.87. The highest BCUT2D eigenvalue weighted by Crippen LogP contribution is 2.46. The van der Waals surface area contributed by atoms with E-state index < -0.39 is 0 Å². The minimum Gasteiger partial charge on any atom is -0.458 e. The molecule has 4 nitrogen and oxygen atoms in total. The van der Waals surface area contributed by atoms with Gasteiger partial charge in [-0.05, 0) is 38.8 Å². The minimum absolute atomic E-state index is 0.150. The first-order chi connectivity index (χ1) is 11.3. The summed E-state index contributed by atoms with van der Waals surface area (Å²) in [5.41, 5.74) is 5.08. The molecule has 24 heavy (non-hydrogen) atoms. The summed E-state index contributed by atoms with van der Waals surface area (Å²) in [5.74, 6) is -0.964. The van der Waals surface area contributed by atoms with Gasteiger partial charge in [0.25, 0.3) is 0 Å². The molecule has 1 saturated heterocycles. The fraction of sp³-hybridized carbons (Fsp3) is 0.500. The molecule has 2 aliphatic carbocycles. The van der Waals surface area contributed by atoms with Crippen LogP contribution in [0, 0.1) is 11.8 Å². The molecule has 0 N–H and O–H groups in total. The Balaban J connectivity index is 2.02. The predicted octanol–water partition coefficient (Wildman–Crippen LogP) is 3.65.